The summed E-state index contributed by atoms with van der Waals surface area (Å²) in [7, 11) is 0. The van der Waals surface area contributed by atoms with Crippen LogP contribution in [0.3, 0.4) is 0 Å². The van der Waals surface area contributed by atoms with Crippen LogP contribution in [0.4, 0.5) is 0 Å². The van der Waals surface area contributed by atoms with E-state index in [0.717, 1.165) is 12.8 Å². The van der Waals surface area contributed by atoms with Crippen molar-refractivity contribution < 1.29 is 0 Å². The van der Waals surface area contributed by atoms with E-state index in [1.165, 1.54) is 0 Å². The molecule has 0 radical (unpaired) electrons. The van der Waals surface area contributed by atoms with Gasteiger partial charge in [0.25, 0.3) is 0 Å². The maximum atomic E-state index is 3.60. The Morgan fingerprint density at radius 3 is 1.50 bits per heavy atom. The Bertz CT molecular complexity index is 120. The van der Waals surface area contributed by atoms with Crippen LogP contribution < -0.4 is 0 Å². The first-order valence-corrected chi connectivity index (χ1v) is 3.45. The van der Waals surface area contributed by atoms with Gasteiger partial charge in [0.05, 0.1) is 0 Å². The van der Waals surface area contributed by atoms with Crippen LogP contribution in [0.25, 0.3) is 0 Å². The van der Waals surface area contributed by atoms with Crippen LogP contribution in [0.1, 0.15) is 12.8 Å². The molecule has 0 aliphatic carbocycles. The van der Waals surface area contributed by atoms with Crippen molar-refractivity contribution in [1.82, 2.24) is 0 Å². The summed E-state index contributed by atoms with van der Waals surface area (Å²) in [6, 6.07) is 0. The molecule has 0 bridgehead atoms. The zero-order chi connectivity index (χ0) is 7.66. The summed E-state index contributed by atoms with van der Waals surface area (Å²) in [4.78, 5) is 0. The van der Waals surface area contributed by atoms with E-state index >= 15 is 0 Å². The van der Waals surface area contributed by atoms with E-state index in [9.17, 15) is 0 Å². The van der Waals surface area contributed by atoms with Gasteiger partial charge in [-0.25, -0.2) is 0 Å². The van der Waals surface area contributed by atoms with Crippen LogP contribution in [0, 0.1) is 0 Å². The third-order valence-corrected chi connectivity index (χ3v) is 0.989. The number of hydrogen-bond donors (Lipinski definition) is 0. The molecule has 0 aliphatic rings. The highest BCUT2D eigenvalue weighted by Crippen LogP contribution is 1.87. The van der Waals surface area contributed by atoms with Crippen molar-refractivity contribution in [2.75, 3.05) is 0 Å². The van der Waals surface area contributed by atoms with Crippen LogP contribution in [-0.2, 0) is 0 Å². The van der Waals surface area contributed by atoms with Gasteiger partial charge in [-0.2, -0.15) is 0 Å². The van der Waals surface area contributed by atoms with Crippen LogP contribution in [0.2, 0.25) is 0 Å². The van der Waals surface area contributed by atoms with Gasteiger partial charge in [0.15, 0.2) is 0 Å². The fraction of sp³-hybridized carbons (Fsp3) is 0.200. The van der Waals surface area contributed by atoms with Crippen LogP contribution >= 0.6 is 0 Å². The molecule has 0 aromatic rings. The minimum absolute atomic E-state index is 0.943. The van der Waals surface area contributed by atoms with E-state index in [-0.39, 0.29) is 0 Å². The van der Waals surface area contributed by atoms with Crippen molar-refractivity contribution in [2.45, 2.75) is 12.8 Å². The normalized spacial score (nSPS) is 10.8. The second kappa shape index (κ2) is 7.96. The largest absolute Gasteiger partial charge is 0.103 e. The summed E-state index contributed by atoms with van der Waals surface area (Å²) < 4.78 is 0. The standard InChI is InChI=1S/C10H14/c1-3-5-7-9-10-8-6-4-2/h3-4,7-10H,1-2,5-6H2. The van der Waals surface area contributed by atoms with Gasteiger partial charge < -0.3 is 0 Å². The van der Waals surface area contributed by atoms with Gasteiger partial charge in [0, 0.05) is 0 Å². The van der Waals surface area contributed by atoms with Crippen molar-refractivity contribution in [2.24, 2.45) is 0 Å². The summed E-state index contributed by atoms with van der Waals surface area (Å²) in [5, 5.41) is 0. The second-order valence-electron chi connectivity index (χ2n) is 1.91. The lowest BCUT2D eigenvalue weighted by molar-refractivity contribution is 1.38. The van der Waals surface area contributed by atoms with Gasteiger partial charge in [-0.3, -0.25) is 0 Å². The maximum Gasteiger partial charge on any atom is -0.0169 e. The van der Waals surface area contributed by atoms with Gasteiger partial charge in [0.2, 0.25) is 0 Å². The summed E-state index contributed by atoms with van der Waals surface area (Å²) >= 11 is 0. The summed E-state index contributed by atoms with van der Waals surface area (Å²) in [5.74, 6) is 0. The van der Waals surface area contributed by atoms with Crippen molar-refractivity contribution >= 4 is 0 Å². The minimum Gasteiger partial charge on any atom is -0.103 e. The second-order valence-corrected chi connectivity index (χ2v) is 1.91. The first kappa shape index (κ1) is 8.96. The van der Waals surface area contributed by atoms with E-state index in [1.807, 2.05) is 24.3 Å². The van der Waals surface area contributed by atoms with Crippen LogP contribution in [0.15, 0.2) is 49.6 Å². The molecule has 54 valence electrons. The van der Waals surface area contributed by atoms with Crippen molar-refractivity contribution in [3.8, 4) is 0 Å². The molecule has 0 fully saturated rings. The molecule has 0 amide bonds. The predicted octanol–water partition coefficient (Wildman–Crippen LogP) is 3.25. The maximum absolute atomic E-state index is 3.60. The van der Waals surface area contributed by atoms with Gasteiger partial charge in [-0.15, -0.1) is 13.2 Å². The van der Waals surface area contributed by atoms with Gasteiger partial charge in [-0.1, -0.05) is 36.5 Å². The Labute approximate surface area is 63.3 Å². The fourth-order valence-corrected chi connectivity index (χ4v) is 0.507. The Kier molecular flexibility index (Phi) is 7.13. The highest BCUT2D eigenvalue weighted by molar-refractivity contribution is 5.05. The summed E-state index contributed by atoms with van der Waals surface area (Å²) in [6.45, 7) is 7.21. The third-order valence-electron chi connectivity index (χ3n) is 0.989. The lowest BCUT2D eigenvalue weighted by atomic mass is 10.3. The number of rotatable bonds is 5. The lowest BCUT2D eigenvalue weighted by Crippen LogP contribution is -1.55. The van der Waals surface area contributed by atoms with E-state index < -0.39 is 0 Å². The summed E-state index contributed by atoms with van der Waals surface area (Å²) in [5.41, 5.74) is 0. The highest BCUT2D eigenvalue weighted by atomic mass is 13.7. The summed E-state index contributed by atoms with van der Waals surface area (Å²) in [6.07, 6.45) is 13.8. The Morgan fingerprint density at radius 1 is 0.800 bits per heavy atom. The Balaban J connectivity index is 3.31. The molecule has 0 spiro atoms. The molecule has 0 saturated heterocycles. The lowest BCUT2D eigenvalue weighted by Gasteiger charge is -1.77. The zero-order valence-electron chi connectivity index (χ0n) is 6.29. The third kappa shape index (κ3) is 6.96. The molecule has 0 saturated carbocycles. The van der Waals surface area contributed by atoms with Gasteiger partial charge in [0.1, 0.15) is 0 Å². The molecule has 0 aromatic heterocycles. The predicted molar refractivity (Wildman–Crippen MR) is 47.9 cm³/mol. The zero-order valence-corrected chi connectivity index (χ0v) is 6.29. The molecule has 0 nitrogen and oxygen atoms in total. The molecular formula is C10H14. The molecule has 0 aromatic carbocycles. The first-order valence-electron chi connectivity index (χ1n) is 3.45. The number of hydrogen-bond acceptors (Lipinski definition) is 0. The minimum atomic E-state index is 0.943. The van der Waals surface area contributed by atoms with E-state index in [0.29, 0.717) is 0 Å². The van der Waals surface area contributed by atoms with Crippen molar-refractivity contribution in [1.29, 1.82) is 0 Å². The molecule has 0 rings (SSSR count). The van der Waals surface area contributed by atoms with Crippen molar-refractivity contribution in [3.05, 3.63) is 49.6 Å². The molecule has 0 aliphatic heterocycles. The first-order chi connectivity index (χ1) is 4.91. The average molecular weight is 134 g/mol. The molecular weight excluding hydrogens is 120 g/mol. The SMILES string of the molecule is C=CCC=CC=CCC=C. The molecule has 0 N–H and O–H groups in total. The highest BCUT2D eigenvalue weighted by Gasteiger charge is 1.65. The topological polar surface area (TPSA) is 0 Å². The monoisotopic (exact) mass is 134 g/mol. The average Bonchev–Trinajstić information content (AvgIpc) is 1.97. The molecule has 0 heteroatoms. The fourth-order valence-electron chi connectivity index (χ4n) is 0.507. The molecule has 10 heavy (non-hydrogen) atoms. The van der Waals surface area contributed by atoms with Crippen LogP contribution in [-0.4, -0.2) is 0 Å². The Hall–Kier alpha value is -1.04. The molecule has 0 heterocycles. The van der Waals surface area contributed by atoms with E-state index in [4.69, 9.17) is 0 Å². The Morgan fingerprint density at radius 2 is 1.20 bits per heavy atom. The molecule has 0 atom stereocenters. The van der Waals surface area contributed by atoms with E-state index in [1.54, 1.807) is 0 Å². The van der Waals surface area contributed by atoms with E-state index in [2.05, 4.69) is 25.3 Å². The van der Waals surface area contributed by atoms with Crippen molar-refractivity contribution in [3.63, 3.8) is 0 Å². The quantitative estimate of drug-likeness (QED) is 0.400. The van der Waals surface area contributed by atoms with Gasteiger partial charge >= 0.3 is 0 Å². The van der Waals surface area contributed by atoms with Crippen LogP contribution in [0.5, 0.6) is 0 Å². The van der Waals surface area contributed by atoms with Gasteiger partial charge in [-0.05, 0) is 12.8 Å². The smallest absolute Gasteiger partial charge is 0.0169 e. The molecule has 0 unspecified atom stereocenters. The number of allylic oxidation sites excluding steroid dienone is 6.